The summed E-state index contributed by atoms with van der Waals surface area (Å²) in [5, 5.41) is 3.10. The summed E-state index contributed by atoms with van der Waals surface area (Å²) in [6, 6.07) is 13.2. The molecule has 0 unspecified atom stereocenters. The minimum atomic E-state index is -1.50. The SMILES string of the molecule is [2H]c1nc(-c2cc(C)cc(C(C)(C)C)c2)c2ccc([Si](C)(C)C)cc2c1[2H]. The van der Waals surface area contributed by atoms with Crippen molar-refractivity contribution in [3.63, 3.8) is 0 Å². The highest BCUT2D eigenvalue weighted by molar-refractivity contribution is 6.88. The maximum atomic E-state index is 8.40. The topological polar surface area (TPSA) is 12.9 Å². The molecule has 1 nitrogen and oxygen atoms in total. The van der Waals surface area contributed by atoms with Crippen LogP contribution >= 0.6 is 0 Å². The normalized spacial score (nSPS) is 13.7. The van der Waals surface area contributed by atoms with Gasteiger partial charge in [-0.2, -0.15) is 0 Å². The maximum Gasteiger partial charge on any atom is 0.0840 e. The lowest BCUT2D eigenvalue weighted by atomic mass is 9.84. The first kappa shape index (κ1) is 15.3. The zero-order valence-electron chi connectivity index (χ0n) is 18.4. The van der Waals surface area contributed by atoms with Crippen LogP contribution in [0.5, 0.6) is 0 Å². The van der Waals surface area contributed by atoms with E-state index in [2.05, 4.69) is 88.7 Å². The quantitative estimate of drug-likeness (QED) is 0.513. The molecule has 0 aliphatic carbocycles. The van der Waals surface area contributed by atoms with E-state index in [9.17, 15) is 0 Å². The largest absolute Gasteiger partial charge is 0.256 e. The Bertz CT molecular complexity index is 1030. The Morgan fingerprint density at radius 3 is 2.36 bits per heavy atom. The van der Waals surface area contributed by atoms with Crippen LogP contribution in [0.3, 0.4) is 0 Å². The first-order valence-electron chi connectivity index (χ1n) is 9.92. The van der Waals surface area contributed by atoms with Crippen molar-refractivity contribution in [2.24, 2.45) is 0 Å². The predicted octanol–water partition coefficient (Wildman–Crippen LogP) is 6.05. The molecule has 130 valence electrons. The van der Waals surface area contributed by atoms with Crippen molar-refractivity contribution in [3.05, 3.63) is 59.7 Å². The molecule has 0 saturated carbocycles. The number of hydrogen-bond donors (Lipinski definition) is 0. The van der Waals surface area contributed by atoms with Crippen LogP contribution in [0.1, 0.15) is 34.6 Å². The third-order valence-electron chi connectivity index (χ3n) is 4.72. The van der Waals surface area contributed by atoms with Crippen molar-refractivity contribution in [2.75, 3.05) is 0 Å². The molecule has 0 bridgehead atoms. The molecule has 0 N–H and O–H groups in total. The third-order valence-corrected chi connectivity index (χ3v) is 6.76. The summed E-state index contributed by atoms with van der Waals surface area (Å²) in [7, 11) is -1.50. The fraction of sp³-hybridized carbons (Fsp3) is 0.348. The monoisotopic (exact) mass is 349 g/mol. The van der Waals surface area contributed by atoms with Crippen LogP contribution in [-0.2, 0) is 5.41 Å². The summed E-state index contributed by atoms with van der Waals surface area (Å²) in [5.41, 5.74) is 4.32. The van der Waals surface area contributed by atoms with Crippen molar-refractivity contribution < 1.29 is 2.74 Å². The van der Waals surface area contributed by atoms with Crippen LogP contribution < -0.4 is 5.19 Å². The molecule has 0 aliphatic rings. The zero-order chi connectivity index (χ0) is 20.1. The number of rotatable bonds is 2. The number of aryl methyl sites for hydroxylation is 1. The van der Waals surface area contributed by atoms with Gasteiger partial charge in [-0.15, -0.1) is 0 Å². The van der Waals surface area contributed by atoms with Crippen LogP contribution in [0.15, 0.2) is 48.6 Å². The molecule has 1 aromatic heterocycles. The van der Waals surface area contributed by atoms with Crippen molar-refractivity contribution in [3.8, 4) is 11.3 Å². The van der Waals surface area contributed by atoms with Crippen molar-refractivity contribution >= 4 is 24.0 Å². The molecule has 0 saturated heterocycles. The van der Waals surface area contributed by atoms with Gasteiger partial charge in [0.1, 0.15) is 0 Å². The number of benzene rings is 2. The minimum absolute atomic E-state index is 0.0424. The van der Waals surface area contributed by atoms with Crippen molar-refractivity contribution in [1.82, 2.24) is 4.98 Å². The van der Waals surface area contributed by atoms with E-state index in [1.54, 1.807) is 0 Å². The Kier molecular flexibility index (Phi) is 3.74. The fourth-order valence-corrected chi connectivity index (χ4v) is 4.26. The van der Waals surface area contributed by atoms with Crippen molar-refractivity contribution in [2.45, 2.75) is 52.8 Å². The lowest BCUT2D eigenvalue weighted by Gasteiger charge is -2.21. The van der Waals surface area contributed by atoms with Gasteiger partial charge in [0, 0.05) is 17.1 Å². The average Bonchev–Trinajstić information content (AvgIpc) is 2.55. The van der Waals surface area contributed by atoms with E-state index in [-0.39, 0.29) is 17.6 Å². The lowest BCUT2D eigenvalue weighted by Crippen LogP contribution is -2.37. The van der Waals surface area contributed by atoms with Gasteiger partial charge in [0.25, 0.3) is 0 Å². The molecule has 0 spiro atoms. The molecule has 3 aromatic rings. The minimum Gasteiger partial charge on any atom is -0.256 e. The molecule has 0 amide bonds. The smallest absolute Gasteiger partial charge is 0.0840 e. The van der Waals surface area contributed by atoms with Gasteiger partial charge < -0.3 is 0 Å². The molecule has 0 radical (unpaired) electrons. The van der Waals surface area contributed by atoms with Crippen LogP contribution in [0.4, 0.5) is 0 Å². The maximum absolute atomic E-state index is 8.40. The standard InChI is InChI=1S/C23H29NSi/c1-16-12-18(14-19(13-16)23(2,3)4)22-21-9-8-20(25(5,6)7)15-17(21)10-11-24-22/h8-15H,1-7H3/i10D,11D. The van der Waals surface area contributed by atoms with Crippen molar-refractivity contribution in [1.29, 1.82) is 0 Å². The second-order valence-electron chi connectivity index (χ2n) is 9.05. The van der Waals surface area contributed by atoms with Gasteiger partial charge in [-0.3, -0.25) is 4.98 Å². The molecular formula is C23H29NSi. The molecule has 1 heterocycles. The predicted molar refractivity (Wildman–Crippen MR) is 114 cm³/mol. The van der Waals surface area contributed by atoms with E-state index < -0.39 is 8.07 Å². The van der Waals surface area contributed by atoms with Gasteiger partial charge in [0.05, 0.1) is 16.5 Å². The van der Waals surface area contributed by atoms with E-state index in [0.29, 0.717) is 0 Å². The van der Waals surface area contributed by atoms with E-state index in [4.69, 9.17) is 2.74 Å². The van der Waals surface area contributed by atoms with Crippen LogP contribution in [0.25, 0.3) is 22.0 Å². The van der Waals surface area contributed by atoms with Gasteiger partial charge in [-0.25, -0.2) is 0 Å². The number of pyridine rings is 1. The Morgan fingerprint density at radius 1 is 1.00 bits per heavy atom. The Balaban J connectivity index is 2.33. The van der Waals surface area contributed by atoms with E-state index in [1.165, 1.54) is 16.3 Å². The highest BCUT2D eigenvalue weighted by Crippen LogP contribution is 2.31. The van der Waals surface area contributed by atoms with Gasteiger partial charge in [-0.1, -0.05) is 75.4 Å². The first-order chi connectivity index (χ1) is 12.4. The lowest BCUT2D eigenvalue weighted by molar-refractivity contribution is 0.590. The molecule has 25 heavy (non-hydrogen) atoms. The second-order valence-corrected chi connectivity index (χ2v) is 14.1. The molecule has 0 aliphatic heterocycles. The highest BCUT2D eigenvalue weighted by Gasteiger charge is 2.18. The second kappa shape index (κ2) is 6.10. The number of nitrogens with zero attached hydrogens (tertiary/aromatic N) is 1. The van der Waals surface area contributed by atoms with Gasteiger partial charge >= 0.3 is 0 Å². The summed E-state index contributed by atoms with van der Waals surface area (Å²) < 4.78 is 16.7. The Labute approximate surface area is 156 Å². The first-order valence-corrected chi connectivity index (χ1v) is 12.4. The van der Waals surface area contributed by atoms with Gasteiger partial charge in [0.15, 0.2) is 0 Å². The number of hydrogen-bond acceptors (Lipinski definition) is 1. The van der Waals surface area contributed by atoms with Crippen LogP contribution in [0, 0.1) is 6.92 Å². The summed E-state index contributed by atoms with van der Waals surface area (Å²) in [5.74, 6) is 0. The summed E-state index contributed by atoms with van der Waals surface area (Å²) >= 11 is 0. The van der Waals surface area contributed by atoms with E-state index >= 15 is 0 Å². The summed E-state index contributed by atoms with van der Waals surface area (Å²) in [6.45, 7) is 15.6. The summed E-state index contributed by atoms with van der Waals surface area (Å²) in [4.78, 5) is 4.52. The molecular weight excluding hydrogens is 318 g/mol. The number of aromatic nitrogens is 1. The highest BCUT2D eigenvalue weighted by atomic mass is 28.3. The molecule has 0 atom stereocenters. The van der Waals surface area contributed by atoms with Crippen LogP contribution in [-0.4, -0.2) is 13.1 Å². The molecule has 2 aromatic carbocycles. The number of fused-ring (bicyclic) bond motifs is 1. The zero-order valence-corrected chi connectivity index (χ0v) is 17.4. The van der Waals surface area contributed by atoms with Gasteiger partial charge in [0.2, 0.25) is 0 Å². The summed E-state index contributed by atoms with van der Waals surface area (Å²) in [6.07, 6.45) is 0.0454. The van der Waals surface area contributed by atoms with E-state index in [1.807, 2.05) is 0 Å². The Morgan fingerprint density at radius 2 is 1.72 bits per heavy atom. The van der Waals surface area contributed by atoms with Gasteiger partial charge in [-0.05, 0) is 41.5 Å². The molecule has 0 fully saturated rings. The molecule has 2 heteroatoms. The van der Waals surface area contributed by atoms with Crippen LogP contribution in [0.2, 0.25) is 19.6 Å². The molecule has 3 rings (SSSR count). The Hall–Kier alpha value is -1.93. The average molecular weight is 350 g/mol. The van der Waals surface area contributed by atoms with E-state index in [0.717, 1.165) is 22.0 Å². The third kappa shape index (κ3) is 3.69. The fourth-order valence-electron chi connectivity index (χ4n) is 3.10.